The zero-order valence-corrected chi connectivity index (χ0v) is 14.7. The summed E-state index contributed by atoms with van der Waals surface area (Å²) in [6.45, 7) is 1.96. The van der Waals surface area contributed by atoms with Crippen molar-refractivity contribution in [2.75, 3.05) is 12.3 Å². The molecule has 0 bridgehead atoms. The van der Waals surface area contributed by atoms with Gasteiger partial charge in [-0.3, -0.25) is 14.9 Å². The number of nitrogens with zero attached hydrogens (tertiary/aromatic N) is 1. The number of nitrogens with two attached hydrogens (primary N) is 1. The number of carbonyl (C=O) groups excluding carboxylic acids is 2. The lowest BCUT2D eigenvalue weighted by Gasteiger charge is -2.16. The Balaban J connectivity index is 1.84. The van der Waals surface area contributed by atoms with Crippen LogP contribution in [0.2, 0.25) is 0 Å². The highest BCUT2D eigenvalue weighted by molar-refractivity contribution is 5.97. The van der Waals surface area contributed by atoms with Crippen LogP contribution < -0.4 is 11.1 Å². The van der Waals surface area contributed by atoms with Crippen molar-refractivity contribution in [1.82, 2.24) is 5.32 Å². The Hall–Kier alpha value is -2.90. The topological polar surface area (TPSA) is 125 Å². The third-order valence-corrected chi connectivity index (χ3v) is 4.25. The molecule has 26 heavy (non-hydrogen) atoms. The van der Waals surface area contributed by atoms with Gasteiger partial charge in [0.25, 0.3) is 11.6 Å². The second-order valence-corrected chi connectivity index (χ2v) is 6.23. The van der Waals surface area contributed by atoms with Gasteiger partial charge in [-0.15, -0.1) is 0 Å². The lowest BCUT2D eigenvalue weighted by molar-refractivity contribution is -0.384. The van der Waals surface area contributed by atoms with Crippen LogP contribution in [-0.2, 0) is 9.53 Å². The number of nitrogens with one attached hydrogen (secondary N) is 1. The highest BCUT2D eigenvalue weighted by atomic mass is 16.6. The quantitative estimate of drug-likeness (QED) is 0.253. The SMILES string of the molecule is C[C@@H](OC(=O)c1ccc([N+](=O)[O-])cc1N)C(=O)NCCC1=CCCCC1. The number of hydrogen-bond acceptors (Lipinski definition) is 6. The fraction of sp³-hybridized carbons (Fsp3) is 0.444. The Morgan fingerprint density at radius 1 is 1.38 bits per heavy atom. The number of nitro benzene ring substituents is 1. The van der Waals surface area contributed by atoms with Gasteiger partial charge >= 0.3 is 5.97 Å². The van der Waals surface area contributed by atoms with Crippen molar-refractivity contribution in [2.45, 2.75) is 45.1 Å². The minimum absolute atomic E-state index is 0.0115. The fourth-order valence-corrected chi connectivity index (χ4v) is 2.75. The number of anilines is 1. The van der Waals surface area contributed by atoms with Crippen molar-refractivity contribution in [2.24, 2.45) is 0 Å². The van der Waals surface area contributed by atoms with Crippen LogP contribution in [0.5, 0.6) is 0 Å². The molecule has 1 aliphatic rings. The molecule has 0 saturated heterocycles. The first-order valence-electron chi connectivity index (χ1n) is 8.59. The van der Waals surface area contributed by atoms with Crippen molar-refractivity contribution < 1.29 is 19.2 Å². The molecule has 2 rings (SSSR count). The molecule has 1 aromatic rings. The molecule has 0 saturated carbocycles. The molecule has 8 heteroatoms. The first-order valence-corrected chi connectivity index (χ1v) is 8.59. The number of non-ortho nitro benzene ring substituents is 1. The molecule has 1 atom stereocenters. The van der Waals surface area contributed by atoms with Crippen LogP contribution in [0.1, 0.15) is 49.4 Å². The normalized spacial score (nSPS) is 14.9. The summed E-state index contributed by atoms with van der Waals surface area (Å²) in [6.07, 6.45) is 6.59. The van der Waals surface area contributed by atoms with Gasteiger partial charge in [0.15, 0.2) is 6.10 Å². The van der Waals surface area contributed by atoms with Crippen LogP contribution in [-0.4, -0.2) is 29.4 Å². The van der Waals surface area contributed by atoms with Crippen LogP contribution in [0.25, 0.3) is 0 Å². The van der Waals surface area contributed by atoms with Crippen LogP contribution in [0.15, 0.2) is 29.8 Å². The monoisotopic (exact) mass is 361 g/mol. The molecule has 0 unspecified atom stereocenters. The molecule has 0 fully saturated rings. The Bertz CT molecular complexity index is 730. The molecule has 0 spiro atoms. The summed E-state index contributed by atoms with van der Waals surface area (Å²) in [5.74, 6) is -1.19. The molecule has 0 heterocycles. The molecular formula is C18H23N3O5. The predicted molar refractivity (Wildman–Crippen MR) is 96.6 cm³/mol. The van der Waals surface area contributed by atoms with Gasteiger partial charge in [0.2, 0.25) is 0 Å². The van der Waals surface area contributed by atoms with Crippen LogP contribution >= 0.6 is 0 Å². The first-order chi connectivity index (χ1) is 12.4. The number of rotatable bonds is 7. The van der Waals surface area contributed by atoms with Crippen LogP contribution in [0.4, 0.5) is 11.4 Å². The number of amides is 1. The van der Waals surface area contributed by atoms with E-state index in [0.29, 0.717) is 6.54 Å². The number of ether oxygens (including phenoxy) is 1. The zero-order chi connectivity index (χ0) is 19.1. The van der Waals surface area contributed by atoms with Gasteiger partial charge in [0, 0.05) is 18.7 Å². The molecule has 1 aromatic carbocycles. The van der Waals surface area contributed by atoms with Crippen LogP contribution in [0, 0.1) is 10.1 Å². The molecule has 0 aliphatic heterocycles. The minimum atomic E-state index is -0.988. The van der Waals surface area contributed by atoms with Gasteiger partial charge in [-0.25, -0.2) is 4.79 Å². The van der Waals surface area contributed by atoms with Crippen molar-refractivity contribution >= 4 is 23.3 Å². The van der Waals surface area contributed by atoms with E-state index in [2.05, 4.69) is 11.4 Å². The number of nitrogen functional groups attached to an aromatic ring is 1. The Labute approximate surface area is 151 Å². The number of benzene rings is 1. The van der Waals surface area contributed by atoms with Crippen molar-refractivity contribution in [1.29, 1.82) is 0 Å². The molecule has 1 amide bonds. The maximum absolute atomic E-state index is 12.1. The van der Waals surface area contributed by atoms with Gasteiger partial charge in [-0.1, -0.05) is 11.6 Å². The number of allylic oxidation sites excluding steroid dienone is 1. The van der Waals surface area contributed by atoms with Gasteiger partial charge in [-0.2, -0.15) is 0 Å². The summed E-state index contributed by atoms with van der Waals surface area (Å²) in [6, 6.07) is 3.46. The third kappa shape index (κ3) is 5.30. The summed E-state index contributed by atoms with van der Waals surface area (Å²) in [5.41, 5.74) is 6.71. The average Bonchev–Trinajstić information content (AvgIpc) is 2.62. The Morgan fingerprint density at radius 2 is 2.15 bits per heavy atom. The van der Waals surface area contributed by atoms with E-state index in [-0.39, 0.29) is 16.9 Å². The summed E-state index contributed by atoms with van der Waals surface area (Å²) in [5, 5.41) is 13.4. The van der Waals surface area contributed by atoms with Crippen molar-refractivity contribution in [3.63, 3.8) is 0 Å². The molecule has 8 nitrogen and oxygen atoms in total. The number of nitro groups is 1. The molecule has 1 aliphatic carbocycles. The number of hydrogen-bond donors (Lipinski definition) is 2. The largest absolute Gasteiger partial charge is 0.449 e. The molecule has 0 radical (unpaired) electrons. The lowest BCUT2D eigenvalue weighted by atomic mass is 9.97. The van der Waals surface area contributed by atoms with E-state index in [1.165, 1.54) is 31.4 Å². The maximum atomic E-state index is 12.1. The van der Waals surface area contributed by atoms with E-state index in [1.807, 2.05) is 0 Å². The number of esters is 1. The van der Waals surface area contributed by atoms with Crippen molar-refractivity contribution in [3.8, 4) is 0 Å². The second-order valence-electron chi connectivity index (χ2n) is 6.23. The second kappa shape index (κ2) is 8.98. The van der Waals surface area contributed by atoms with Gasteiger partial charge in [0.1, 0.15) is 0 Å². The van der Waals surface area contributed by atoms with E-state index in [0.717, 1.165) is 31.4 Å². The smallest absolute Gasteiger partial charge is 0.341 e. The lowest BCUT2D eigenvalue weighted by Crippen LogP contribution is -2.36. The molecule has 140 valence electrons. The van der Waals surface area contributed by atoms with E-state index in [1.54, 1.807) is 0 Å². The summed E-state index contributed by atoms with van der Waals surface area (Å²) in [4.78, 5) is 34.3. The van der Waals surface area contributed by atoms with Crippen LogP contribution in [0.3, 0.4) is 0 Å². The highest BCUT2D eigenvalue weighted by Crippen LogP contribution is 2.21. The molecule has 0 aromatic heterocycles. The van der Waals surface area contributed by atoms with E-state index >= 15 is 0 Å². The van der Waals surface area contributed by atoms with Crippen molar-refractivity contribution in [3.05, 3.63) is 45.5 Å². The zero-order valence-electron chi connectivity index (χ0n) is 14.7. The molecular weight excluding hydrogens is 338 g/mol. The highest BCUT2D eigenvalue weighted by Gasteiger charge is 2.21. The third-order valence-electron chi connectivity index (χ3n) is 4.25. The first kappa shape index (κ1) is 19.4. The van der Waals surface area contributed by atoms with Gasteiger partial charge < -0.3 is 15.8 Å². The van der Waals surface area contributed by atoms with Gasteiger partial charge in [-0.05, 0) is 45.1 Å². The summed E-state index contributed by atoms with van der Waals surface area (Å²) < 4.78 is 5.11. The minimum Gasteiger partial charge on any atom is -0.449 e. The Kier molecular flexibility index (Phi) is 6.71. The predicted octanol–water partition coefficient (Wildman–Crippen LogP) is 2.73. The fourth-order valence-electron chi connectivity index (χ4n) is 2.75. The average molecular weight is 361 g/mol. The standard InChI is InChI=1S/C18H23N3O5/c1-12(17(22)20-10-9-13-5-3-2-4-6-13)26-18(23)15-8-7-14(21(24)25)11-16(15)19/h5,7-8,11-12H,2-4,6,9-10,19H2,1H3,(H,20,22)/t12-/m1/s1. The number of carbonyl (C=O) groups is 2. The van der Waals surface area contributed by atoms with E-state index in [4.69, 9.17) is 10.5 Å². The van der Waals surface area contributed by atoms with Gasteiger partial charge in [0.05, 0.1) is 16.2 Å². The van der Waals surface area contributed by atoms with E-state index < -0.39 is 22.9 Å². The summed E-state index contributed by atoms with van der Waals surface area (Å²) in [7, 11) is 0. The molecule has 3 N–H and O–H groups in total. The Morgan fingerprint density at radius 3 is 2.77 bits per heavy atom. The summed E-state index contributed by atoms with van der Waals surface area (Å²) >= 11 is 0. The maximum Gasteiger partial charge on any atom is 0.341 e. The van der Waals surface area contributed by atoms with E-state index in [9.17, 15) is 19.7 Å².